The van der Waals surface area contributed by atoms with E-state index in [9.17, 15) is 18.0 Å². The highest BCUT2D eigenvalue weighted by atomic mass is 32.1. The van der Waals surface area contributed by atoms with Crippen LogP contribution in [-0.2, 0) is 13.2 Å². The highest BCUT2D eigenvalue weighted by Gasteiger charge is 2.34. The van der Waals surface area contributed by atoms with Crippen molar-refractivity contribution < 1.29 is 18.0 Å². The second kappa shape index (κ2) is 6.07. The van der Waals surface area contributed by atoms with Crippen LogP contribution in [0.25, 0.3) is 0 Å². The summed E-state index contributed by atoms with van der Waals surface area (Å²) in [6.07, 6.45) is -4.04. The maximum Gasteiger partial charge on any atom is 0.434 e. The summed E-state index contributed by atoms with van der Waals surface area (Å²) in [6.45, 7) is 3.57. The standard InChI is InChI=1S/C13H15F3N4OS/c1-4-8(12-18-10(6-22-12)13(14,15)16)17-11(21)9-5-7(2)20(3)19-9/h5-6,8H,4H2,1-3H3,(H,17,21)/t8-/m0/s1. The Morgan fingerprint density at radius 3 is 2.64 bits per heavy atom. The van der Waals surface area contributed by atoms with Crippen molar-refractivity contribution in [2.24, 2.45) is 7.05 Å². The van der Waals surface area contributed by atoms with Gasteiger partial charge in [0.25, 0.3) is 5.91 Å². The molecule has 0 aromatic carbocycles. The monoisotopic (exact) mass is 332 g/mol. The molecule has 0 unspecified atom stereocenters. The summed E-state index contributed by atoms with van der Waals surface area (Å²) >= 11 is 0.883. The fraction of sp³-hybridized carbons (Fsp3) is 0.462. The van der Waals surface area contributed by atoms with Crippen molar-refractivity contribution in [3.63, 3.8) is 0 Å². The van der Waals surface area contributed by atoms with Crippen LogP contribution in [0.4, 0.5) is 13.2 Å². The predicted molar refractivity (Wildman–Crippen MR) is 75.6 cm³/mol. The van der Waals surface area contributed by atoms with E-state index in [0.29, 0.717) is 6.42 Å². The molecule has 2 aromatic rings. The third-order valence-corrected chi connectivity index (χ3v) is 4.13. The third kappa shape index (κ3) is 3.46. The largest absolute Gasteiger partial charge is 0.434 e. The number of nitrogens with zero attached hydrogens (tertiary/aromatic N) is 3. The number of amides is 1. The number of aromatic nitrogens is 3. The van der Waals surface area contributed by atoms with Gasteiger partial charge in [0.15, 0.2) is 5.69 Å². The molecule has 2 aromatic heterocycles. The average Bonchev–Trinajstić information content (AvgIpc) is 3.03. The highest BCUT2D eigenvalue weighted by molar-refractivity contribution is 7.09. The quantitative estimate of drug-likeness (QED) is 0.936. The lowest BCUT2D eigenvalue weighted by Gasteiger charge is -2.13. The number of rotatable bonds is 4. The molecule has 9 heteroatoms. The van der Waals surface area contributed by atoms with E-state index in [1.165, 1.54) is 0 Å². The van der Waals surface area contributed by atoms with Gasteiger partial charge in [-0.3, -0.25) is 9.48 Å². The summed E-state index contributed by atoms with van der Waals surface area (Å²) in [7, 11) is 1.71. The number of alkyl halides is 3. The van der Waals surface area contributed by atoms with Gasteiger partial charge >= 0.3 is 6.18 Å². The molecule has 0 saturated heterocycles. The Kier molecular flexibility index (Phi) is 4.55. The van der Waals surface area contributed by atoms with Crippen LogP contribution < -0.4 is 5.32 Å². The van der Waals surface area contributed by atoms with E-state index in [2.05, 4.69) is 15.4 Å². The minimum atomic E-state index is -4.48. The zero-order valence-corrected chi connectivity index (χ0v) is 13.0. The zero-order chi connectivity index (χ0) is 16.5. The third-order valence-electron chi connectivity index (χ3n) is 3.17. The molecule has 0 aliphatic carbocycles. The van der Waals surface area contributed by atoms with E-state index >= 15 is 0 Å². The molecule has 5 nitrogen and oxygen atoms in total. The average molecular weight is 332 g/mol. The number of thiazole rings is 1. The van der Waals surface area contributed by atoms with Gasteiger partial charge < -0.3 is 5.32 Å². The van der Waals surface area contributed by atoms with Crippen LogP contribution in [0.15, 0.2) is 11.4 Å². The molecule has 0 spiro atoms. The van der Waals surface area contributed by atoms with Crippen molar-refractivity contribution in [2.75, 3.05) is 0 Å². The molecule has 0 aliphatic heterocycles. The summed E-state index contributed by atoms with van der Waals surface area (Å²) in [5, 5.41) is 7.90. The van der Waals surface area contributed by atoms with E-state index in [1.54, 1.807) is 31.6 Å². The zero-order valence-electron chi connectivity index (χ0n) is 12.2. The highest BCUT2D eigenvalue weighted by Crippen LogP contribution is 2.32. The first-order valence-corrected chi connectivity index (χ1v) is 7.44. The Bertz CT molecular complexity index is 658. The van der Waals surface area contributed by atoms with Crippen molar-refractivity contribution in [1.29, 1.82) is 0 Å². The number of carbonyl (C=O) groups excluding carboxylic acids is 1. The molecule has 1 N–H and O–H groups in total. The first-order valence-electron chi connectivity index (χ1n) is 6.56. The molecular weight excluding hydrogens is 317 g/mol. The van der Waals surface area contributed by atoms with Crippen LogP contribution in [0, 0.1) is 6.92 Å². The summed E-state index contributed by atoms with van der Waals surface area (Å²) in [6, 6.07) is 1.04. The number of hydrogen-bond acceptors (Lipinski definition) is 4. The number of carbonyl (C=O) groups is 1. The van der Waals surface area contributed by atoms with Gasteiger partial charge in [0.05, 0.1) is 6.04 Å². The maximum atomic E-state index is 12.6. The number of halogens is 3. The topological polar surface area (TPSA) is 59.8 Å². The van der Waals surface area contributed by atoms with Crippen LogP contribution in [-0.4, -0.2) is 20.7 Å². The number of nitrogens with one attached hydrogen (secondary N) is 1. The molecule has 120 valence electrons. The fourth-order valence-corrected chi connectivity index (χ4v) is 2.78. The van der Waals surface area contributed by atoms with Gasteiger partial charge in [-0.2, -0.15) is 18.3 Å². The van der Waals surface area contributed by atoms with Gasteiger partial charge in [0, 0.05) is 18.1 Å². The second-order valence-corrected chi connectivity index (χ2v) is 5.69. The van der Waals surface area contributed by atoms with Crippen molar-refractivity contribution in [3.8, 4) is 0 Å². The van der Waals surface area contributed by atoms with E-state index in [0.717, 1.165) is 22.4 Å². The van der Waals surface area contributed by atoms with Gasteiger partial charge in [0.1, 0.15) is 10.7 Å². The number of aryl methyl sites for hydroxylation is 2. The van der Waals surface area contributed by atoms with Gasteiger partial charge in [-0.1, -0.05) is 6.92 Å². The van der Waals surface area contributed by atoms with E-state index < -0.39 is 23.8 Å². The van der Waals surface area contributed by atoms with E-state index in [4.69, 9.17) is 0 Å². The van der Waals surface area contributed by atoms with Crippen LogP contribution in [0.2, 0.25) is 0 Å². The van der Waals surface area contributed by atoms with Crippen LogP contribution in [0.5, 0.6) is 0 Å². The van der Waals surface area contributed by atoms with E-state index in [-0.39, 0.29) is 10.7 Å². The summed E-state index contributed by atoms with van der Waals surface area (Å²) < 4.78 is 39.3. The number of hydrogen-bond donors (Lipinski definition) is 1. The summed E-state index contributed by atoms with van der Waals surface area (Å²) in [5.74, 6) is -0.431. The van der Waals surface area contributed by atoms with Crippen molar-refractivity contribution in [2.45, 2.75) is 32.5 Å². The molecule has 1 atom stereocenters. The molecular formula is C13H15F3N4OS. The smallest absolute Gasteiger partial charge is 0.341 e. The Morgan fingerprint density at radius 1 is 1.50 bits per heavy atom. The SMILES string of the molecule is CC[C@H](NC(=O)c1cc(C)n(C)n1)c1nc(C(F)(F)F)cs1. The van der Waals surface area contributed by atoms with Gasteiger partial charge in [-0.25, -0.2) is 4.98 Å². The van der Waals surface area contributed by atoms with E-state index in [1.807, 2.05) is 0 Å². The normalized spacial score (nSPS) is 13.2. The van der Waals surface area contributed by atoms with Crippen molar-refractivity contribution in [1.82, 2.24) is 20.1 Å². The molecule has 0 fully saturated rings. The molecule has 0 bridgehead atoms. The van der Waals surface area contributed by atoms with Gasteiger partial charge in [-0.15, -0.1) is 11.3 Å². The molecule has 2 heterocycles. The van der Waals surface area contributed by atoms with Crippen LogP contribution in [0.1, 0.15) is 46.3 Å². The lowest BCUT2D eigenvalue weighted by Crippen LogP contribution is -2.28. The lowest BCUT2D eigenvalue weighted by molar-refractivity contribution is -0.140. The van der Waals surface area contributed by atoms with Crippen LogP contribution in [0.3, 0.4) is 0 Å². The van der Waals surface area contributed by atoms with Gasteiger partial charge in [0.2, 0.25) is 0 Å². The molecule has 0 radical (unpaired) electrons. The minimum absolute atomic E-state index is 0.228. The predicted octanol–water partition coefficient (Wildman–Crippen LogP) is 3.08. The van der Waals surface area contributed by atoms with Crippen molar-refractivity contribution in [3.05, 3.63) is 33.5 Å². The molecule has 0 saturated carbocycles. The lowest BCUT2D eigenvalue weighted by atomic mass is 10.2. The first kappa shape index (κ1) is 16.5. The molecule has 22 heavy (non-hydrogen) atoms. The Hall–Kier alpha value is -1.90. The molecule has 0 aliphatic rings. The Morgan fingerprint density at radius 2 is 2.18 bits per heavy atom. The summed E-state index contributed by atoms with van der Waals surface area (Å²) in [5.41, 5.74) is 0.103. The molecule has 1 amide bonds. The summed E-state index contributed by atoms with van der Waals surface area (Å²) in [4.78, 5) is 15.7. The first-order chi connectivity index (χ1) is 10.2. The Labute approximate surface area is 129 Å². The molecule has 2 rings (SSSR count). The van der Waals surface area contributed by atoms with Crippen molar-refractivity contribution >= 4 is 17.2 Å². The second-order valence-electron chi connectivity index (χ2n) is 4.80. The fourth-order valence-electron chi connectivity index (χ4n) is 1.82. The Balaban J connectivity index is 2.15. The maximum absolute atomic E-state index is 12.6. The van der Waals surface area contributed by atoms with Gasteiger partial charge in [-0.05, 0) is 19.4 Å². The minimum Gasteiger partial charge on any atom is -0.341 e. The van der Waals surface area contributed by atoms with Crippen LogP contribution >= 0.6 is 11.3 Å².